The Labute approximate surface area is 308 Å². The van der Waals surface area contributed by atoms with Gasteiger partial charge in [-0.25, -0.2) is 8.78 Å². The van der Waals surface area contributed by atoms with Crippen LogP contribution in [0.3, 0.4) is 0 Å². The summed E-state index contributed by atoms with van der Waals surface area (Å²) in [6, 6.07) is 55.8. The van der Waals surface area contributed by atoms with E-state index in [4.69, 9.17) is 4.42 Å². The van der Waals surface area contributed by atoms with Crippen molar-refractivity contribution in [2.24, 2.45) is 0 Å². The molecule has 1 aliphatic carbocycles. The Morgan fingerprint density at radius 3 is 1.72 bits per heavy atom. The van der Waals surface area contributed by atoms with Crippen molar-refractivity contribution in [3.05, 3.63) is 204 Å². The summed E-state index contributed by atoms with van der Waals surface area (Å²) < 4.78 is 40.8. The molecule has 0 radical (unpaired) electrons. The van der Waals surface area contributed by atoms with Crippen molar-refractivity contribution in [3.8, 4) is 33.4 Å². The molecule has 11 rings (SSSR count). The summed E-state index contributed by atoms with van der Waals surface area (Å²) >= 11 is 1.78. The van der Waals surface area contributed by atoms with Crippen LogP contribution in [-0.2, 0) is 5.41 Å². The summed E-state index contributed by atoms with van der Waals surface area (Å²) in [6.07, 6.45) is 0. The highest BCUT2D eigenvalue weighted by atomic mass is 32.1. The minimum Gasteiger partial charge on any atom is -0.455 e. The number of rotatable bonds is 4. The average Bonchev–Trinajstić information content (AvgIpc) is 3.87. The first kappa shape index (κ1) is 30.3. The van der Waals surface area contributed by atoms with E-state index < -0.39 is 5.41 Å². The molecule has 0 fully saturated rings. The van der Waals surface area contributed by atoms with Gasteiger partial charge in [-0.3, -0.25) is 0 Å². The highest BCUT2D eigenvalue weighted by Crippen LogP contribution is 2.63. The first-order valence-corrected chi connectivity index (χ1v) is 18.5. The second-order valence-electron chi connectivity index (χ2n) is 13.8. The Morgan fingerprint density at radius 2 is 1.04 bits per heavy atom. The van der Waals surface area contributed by atoms with Crippen LogP contribution in [0.4, 0.5) is 8.78 Å². The van der Waals surface area contributed by atoms with Gasteiger partial charge in [-0.2, -0.15) is 0 Å². The van der Waals surface area contributed by atoms with Gasteiger partial charge < -0.3 is 4.42 Å². The maximum absolute atomic E-state index is 15.7. The summed E-state index contributed by atoms with van der Waals surface area (Å²) in [6.45, 7) is 0. The normalized spacial score (nSPS) is 13.2. The number of hydrogen-bond acceptors (Lipinski definition) is 2. The molecule has 250 valence electrons. The van der Waals surface area contributed by atoms with Crippen LogP contribution in [0.2, 0.25) is 0 Å². The third kappa shape index (κ3) is 4.21. The van der Waals surface area contributed by atoms with Crippen LogP contribution in [0.25, 0.3) is 75.5 Å². The van der Waals surface area contributed by atoms with E-state index in [0.29, 0.717) is 0 Å². The lowest BCUT2D eigenvalue weighted by molar-refractivity contribution is 0.613. The lowest BCUT2D eigenvalue weighted by Gasteiger charge is -2.34. The molecule has 0 amide bonds. The van der Waals surface area contributed by atoms with E-state index >= 15 is 8.78 Å². The van der Waals surface area contributed by atoms with Crippen molar-refractivity contribution in [2.75, 3.05) is 0 Å². The smallest absolute Gasteiger partial charge is 0.144 e. The lowest BCUT2D eigenvalue weighted by Crippen LogP contribution is -2.29. The van der Waals surface area contributed by atoms with E-state index in [1.807, 2.05) is 54.6 Å². The highest BCUT2D eigenvalue weighted by Gasteiger charge is 2.50. The van der Waals surface area contributed by atoms with Gasteiger partial charge in [0.05, 0.1) is 5.41 Å². The molecule has 0 unspecified atom stereocenters. The standard InChI is InChI=1S/C49H28F2OS/c50-33-19-11-17-31(25-33)49(32-18-12-20-34(51)26-32)39-28-38(30-15-5-2-6-16-30)48-44(36-22-8-10-24-42(36)53-48)45(39)46-40(49)27-37(29-13-3-1-4-14-29)43-35-21-7-9-23-41(35)52-47(43)46/h1-28H. The number of hydrogen-bond donors (Lipinski definition) is 0. The summed E-state index contributed by atoms with van der Waals surface area (Å²) in [4.78, 5) is 0. The van der Waals surface area contributed by atoms with Crippen molar-refractivity contribution < 1.29 is 13.2 Å². The van der Waals surface area contributed by atoms with Gasteiger partial charge in [-0.05, 0) is 98.6 Å². The molecule has 53 heavy (non-hydrogen) atoms. The van der Waals surface area contributed by atoms with E-state index in [2.05, 4.69) is 78.9 Å². The molecule has 0 bridgehead atoms. The number of furan rings is 1. The molecule has 2 aromatic heterocycles. The number of benzene rings is 8. The van der Waals surface area contributed by atoms with Crippen LogP contribution in [0.15, 0.2) is 174 Å². The SMILES string of the molecule is Fc1cccc(C2(c3cccc(F)c3)c3cc(-c4ccccc4)c4c(oc5ccccc54)c3-c3c2cc(-c2ccccc2)c2sc4ccccc4c32)c1. The Morgan fingerprint density at radius 1 is 0.472 bits per heavy atom. The lowest BCUT2D eigenvalue weighted by atomic mass is 9.67. The van der Waals surface area contributed by atoms with Crippen LogP contribution in [-0.4, -0.2) is 0 Å². The maximum atomic E-state index is 15.7. The molecule has 0 spiro atoms. The van der Waals surface area contributed by atoms with Crippen molar-refractivity contribution in [3.63, 3.8) is 0 Å². The molecular weight excluding hydrogens is 675 g/mol. The van der Waals surface area contributed by atoms with Crippen molar-refractivity contribution in [1.29, 1.82) is 0 Å². The van der Waals surface area contributed by atoms with Crippen molar-refractivity contribution in [1.82, 2.24) is 0 Å². The topological polar surface area (TPSA) is 13.1 Å². The maximum Gasteiger partial charge on any atom is 0.144 e. The predicted molar refractivity (Wildman–Crippen MR) is 215 cm³/mol. The van der Waals surface area contributed by atoms with Crippen LogP contribution in [0.5, 0.6) is 0 Å². The zero-order chi connectivity index (χ0) is 35.3. The molecule has 8 aromatic carbocycles. The second kappa shape index (κ2) is 11.3. The van der Waals surface area contributed by atoms with Gasteiger partial charge in [-0.1, -0.05) is 121 Å². The predicted octanol–water partition coefficient (Wildman–Crippen LogP) is 13.9. The zero-order valence-corrected chi connectivity index (χ0v) is 29.1. The quantitative estimate of drug-likeness (QED) is 0.178. The van der Waals surface area contributed by atoms with Crippen LogP contribution in [0, 0.1) is 11.6 Å². The Kier molecular flexibility index (Phi) is 6.47. The van der Waals surface area contributed by atoms with Gasteiger partial charge >= 0.3 is 0 Å². The molecule has 1 aliphatic rings. The molecule has 1 nitrogen and oxygen atoms in total. The van der Waals surface area contributed by atoms with E-state index in [1.165, 1.54) is 16.8 Å². The summed E-state index contributed by atoms with van der Waals surface area (Å²) in [5, 5.41) is 4.29. The first-order valence-electron chi connectivity index (χ1n) is 17.7. The number of thiophene rings is 1. The fourth-order valence-corrected chi connectivity index (χ4v) is 10.2. The average molecular weight is 703 g/mol. The molecule has 0 saturated heterocycles. The van der Waals surface area contributed by atoms with Gasteiger partial charge in [0.25, 0.3) is 0 Å². The van der Waals surface area contributed by atoms with E-state index in [9.17, 15) is 0 Å². The van der Waals surface area contributed by atoms with Crippen molar-refractivity contribution >= 4 is 53.4 Å². The molecule has 0 N–H and O–H groups in total. The monoisotopic (exact) mass is 702 g/mol. The second-order valence-corrected chi connectivity index (χ2v) is 14.9. The summed E-state index contributed by atoms with van der Waals surface area (Å²) in [7, 11) is 0. The Bertz CT molecular complexity index is 3040. The van der Waals surface area contributed by atoms with Crippen molar-refractivity contribution in [2.45, 2.75) is 5.41 Å². The molecule has 2 heterocycles. The Balaban J connectivity index is 1.45. The number of halogens is 2. The Hall–Kier alpha value is -6.36. The van der Waals surface area contributed by atoms with E-state index in [0.717, 1.165) is 93.0 Å². The van der Waals surface area contributed by atoms with Gasteiger partial charge in [0.2, 0.25) is 0 Å². The largest absolute Gasteiger partial charge is 0.455 e. The minimum absolute atomic E-state index is 0.355. The third-order valence-electron chi connectivity index (χ3n) is 11.0. The molecule has 0 saturated carbocycles. The fraction of sp³-hybridized carbons (Fsp3) is 0.0204. The summed E-state index contributed by atoms with van der Waals surface area (Å²) in [5.41, 5.74) is 9.94. The van der Waals surface area contributed by atoms with Gasteiger partial charge in [0.1, 0.15) is 22.8 Å². The molecule has 0 atom stereocenters. The minimum atomic E-state index is -1.12. The zero-order valence-electron chi connectivity index (χ0n) is 28.2. The summed E-state index contributed by atoms with van der Waals surface area (Å²) in [5.74, 6) is -0.710. The number of para-hydroxylation sites is 1. The van der Waals surface area contributed by atoms with E-state index in [-0.39, 0.29) is 11.6 Å². The molecule has 4 heteroatoms. The highest BCUT2D eigenvalue weighted by molar-refractivity contribution is 7.26. The van der Waals surface area contributed by atoms with Gasteiger partial charge in [0, 0.05) is 36.5 Å². The fourth-order valence-electron chi connectivity index (χ4n) is 8.95. The van der Waals surface area contributed by atoms with Crippen LogP contribution < -0.4 is 0 Å². The number of fused-ring (bicyclic) bond motifs is 11. The van der Waals surface area contributed by atoms with Gasteiger partial charge in [0.15, 0.2) is 0 Å². The molecule has 10 aromatic rings. The molecule has 0 aliphatic heterocycles. The van der Waals surface area contributed by atoms with Crippen LogP contribution in [0.1, 0.15) is 22.3 Å². The van der Waals surface area contributed by atoms with Crippen LogP contribution >= 0.6 is 11.3 Å². The first-order chi connectivity index (χ1) is 26.1. The third-order valence-corrected chi connectivity index (χ3v) is 12.2. The molecular formula is C49H28F2OS. The van der Waals surface area contributed by atoms with E-state index in [1.54, 1.807) is 35.6 Å². The van der Waals surface area contributed by atoms with Gasteiger partial charge in [-0.15, -0.1) is 11.3 Å².